The van der Waals surface area contributed by atoms with Crippen molar-refractivity contribution in [1.29, 1.82) is 0 Å². The molecular formula is C26H22F4O2. The van der Waals surface area contributed by atoms with Crippen molar-refractivity contribution in [2.75, 3.05) is 0 Å². The van der Waals surface area contributed by atoms with Gasteiger partial charge in [-0.15, -0.1) is 0 Å². The zero-order chi connectivity index (χ0) is 22.8. The highest BCUT2D eigenvalue weighted by atomic mass is 19.2. The van der Waals surface area contributed by atoms with Gasteiger partial charge in [-0.05, 0) is 91.8 Å². The van der Waals surface area contributed by atoms with Gasteiger partial charge in [-0.1, -0.05) is 18.2 Å². The minimum Gasteiger partial charge on any atom is -0.423 e. The molecule has 1 aliphatic rings. The first-order valence-corrected chi connectivity index (χ1v) is 10.6. The molecule has 1 aliphatic carbocycles. The molecule has 0 N–H and O–H groups in total. The maximum atomic E-state index is 14.7. The van der Waals surface area contributed by atoms with Crippen LogP contribution in [-0.2, 0) is 0 Å². The molecule has 0 radical (unpaired) electrons. The van der Waals surface area contributed by atoms with Gasteiger partial charge in [0.15, 0.2) is 17.5 Å². The lowest BCUT2D eigenvalue weighted by Gasteiger charge is -2.27. The molecule has 0 amide bonds. The van der Waals surface area contributed by atoms with Crippen LogP contribution in [0.25, 0.3) is 10.8 Å². The standard InChI is InChI=1S/C26H22F4O2/c1-2-3-15-4-6-16(7-5-15)17-8-10-21(22(27)13-17)26(31)32-19-9-11-20-18(12-19)14-23(28)25(30)24(20)29/h2-3,8-16H,4-7H2,1H3/b3-2+. The van der Waals surface area contributed by atoms with Crippen LogP contribution < -0.4 is 4.74 Å². The third-order valence-corrected chi connectivity index (χ3v) is 6.08. The molecule has 4 rings (SSSR count). The van der Waals surface area contributed by atoms with E-state index in [-0.39, 0.29) is 28.0 Å². The summed E-state index contributed by atoms with van der Waals surface area (Å²) in [6.45, 7) is 2.01. The van der Waals surface area contributed by atoms with E-state index < -0.39 is 29.2 Å². The van der Waals surface area contributed by atoms with Gasteiger partial charge in [0, 0.05) is 5.39 Å². The number of benzene rings is 3. The second-order valence-electron chi connectivity index (χ2n) is 8.14. The van der Waals surface area contributed by atoms with E-state index in [1.165, 1.54) is 30.3 Å². The van der Waals surface area contributed by atoms with Crippen molar-refractivity contribution in [3.05, 3.63) is 89.0 Å². The predicted molar refractivity (Wildman–Crippen MR) is 115 cm³/mol. The molecule has 0 aromatic heterocycles. The van der Waals surface area contributed by atoms with E-state index in [9.17, 15) is 22.4 Å². The quantitative estimate of drug-likeness (QED) is 0.138. The summed E-state index contributed by atoms with van der Waals surface area (Å²) in [6, 6.07) is 8.97. The van der Waals surface area contributed by atoms with Gasteiger partial charge in [0.05, 0.1) is 5.56 Å². The van der Waals surface area contributed by atoms with E-state index in [4.69, 9.17) is 4.74 Å². The van der Waals surface area contributed by atoms with Gasteiger partial charge in [0.25, 0.3) is 0 Å². The molecular weight excluding hydrogens is 420 g/mol. The fourth-order valence-electron chi connectivity index (χ4n) is 4.38. The Kier molecular flexibility index (Phi) is 6.31. The van der Waals surface area contributed by atoms with E-state index in [1.807, 2.05) is 6.92 Å². The Morgan fingerprint density at radius 2 is 1.66 bits per heavy atom. The van der Waals surface area contributed by atoms with Crippen LogP contribution in [0.15, 0.2) is 54.6 Å². The van der Waals surface area contributed by atoms with Crippen LogP contribution in [0.4, 0.5) is 17.6 Å². The predicted octanol–water partition coefficient (Wildman–Crippen LogP) is 7.47. The van der Waals surface area contributed by atoms with Crippen molar-refractivity contribution in [1.82, 2.24) is 0 Å². The number of hydrogen-bond donors (Lipinski definition) is 0. The summed E-state index contributed by atoms with van der Waals surface area (Å²) in [5, 5.41) is -0.126. The average Bonchev–Trinajstić information content (AvgIpc) is 2.78. The summed E-state index contributed by atoms with van der Waals surface area (Å²) >= 11 is 0. The molecule has 0 spiro atoms. The molecule has 0 atom stereocenters. The van der Waals surface area contributed by atoms with E-state index in [1.54, 1.807) is 6.07 Å². The van der Waals surface area contributed by atoms with Crippen LogP contribution in [0.2, 0.25) is 0 Å². The first-order chi connectivity index (χ1) is 15.4. The summed E-state index contributed by atoms with van der Waals surface area (Å²) in [5.41, 5.74) is 0.629. The zero-order valence-corrected chi connectivity index (χ0v) is 17.5. The van der Waals surface area contributed by atoms with Crippen LogP contribution in [0.3, 0.4) is 0 Å². The lowest BCUT2D eigenvalue weighted by atomic mass is 9.78. The number of rotatable bonds is 4. The van der Waals surface area contributed by atoms with Crippen molar-refractivity contribution < 1.29 is 27.1 Å². The number of ether oxygens (including phenoxy) is 1. The largest absolute Gasteiger partial charge is 0.423 e. The Hall–Kier alpha value is -3.15. The van der Waals surface area contributed by atoms with Gasteiger partial charge >= 0.3 is 5.97 Å². The molecule has 32 heavy (non-hydrogen) atoms. The summed E-state index contributed by atoms with van der Waals surface area (Å²) < 4.78 is 60.6. The number of hydrogen-bond acceptors (Lipinski definition) is 2. The van der Waals surface area contributed by atoms with E-state index in [0.29, 0.717) is 5.92 Å². The molecule has 0 aliphatic heterocycles. The average molecular weight is 442 g/mol. The Bertz CT molecular complexity index is 1190. The molecule has 0 unspecified atom stereocenters. The molecule has 1 fully saturated rings. The summed E-state index contributed by atoms with van der Waals surface area (Å²) in [7, 11) is 0. The van der Waals surface area contributed by atoms with Gasteiger partial charge in [0.1, 0.15) is 11.6 Å². The normalized spacial score (nSPS) is 18.9. The number of esters is 1. The Morgan fingerprint density at radius 3 is 2.34 bits per heavy atom. The second kappa shape index (κ2) is 9.15. The highest BCUT2D eigenvalue weighted by Crippen LogP contribution is 2.37. The Balaban J connectivity index is 1.50. The van der Waals surface area contributed by atoms with Gasteiger partial charge in [-0.2, -0.15) is 0 Å². The maximum absolute atomic E-state index is 14.7. The molecule has 6 heteroatoms. The summed E-state index contributed by atoms with van der Waals surface area (Å²) in [6.07, 6.45) is 8.29. The number of fused-ring (bicyclic) bond motifs is 1. The fraction of sp³-hybridized carbons (Fsp3) is 0.269. The van der Waals surface area contributed by atoms with Gasteiger partial charge in [-0.25, -0.2) is 22.4 Å². The first kappa shape index (κ1) is 22.1. The fourth-order valence-corrected chi connectivity index (χ4v) is 4.38. The van der Waals surface area contributed by atoms with E-state index in [0.717, 1.165) is 37.3 Å². The number of carbonyl (C=O) groups is 1. The molecule has 0 bridgehead atoms. The van der Waals surface area contributed by atoms with Crippen molar-refractivity contribution in [3.8, 4) is 5.75 Å². The van der Waals surface area contributed by atoms with Gasteiger partial charge < -0.3 is 4.74 Å². The molecule has 1 saturated carbocycles. The van der Waals surface area contributed by atoms with E-state index >= 15 is 0 Å². The molecule has 0 saturated heterocycles. The Morgan fingerprint density at radius 1 is 0.906 bits per heavy atom. The van der Waals surface area contributed by atoms with Crippen molar-refractivity contribution in [2.45, 2.75) is 38.5 Å². The van der Waals surface area contributed by atoms with Crippen LogP contribution in [-0.4, -0.2) is 5.97 Å². The maximum Gasteiger partial charge on any atom is 0.346 e. The number of allylic oxidation sites excluding steroid dienone is 2. The zero-order valence-electron chi connectivity index (χ0n) is 17.5. The Labute approximate surface area is 183 Å². The van der Waals surface area contributed by atoms with Crippen LogP contribution >= 0.6 is 0 Å². The number of halogens is 4. The first-order valence-electron chi connectivity index (χ1n) is 10.6. The van der Waals surface area contributed by atoms with Crippen LogP contribution in [0.1, 0.15) is 54.4 Å². The lowest BCUT2D eigenvalue weighted by Crippen LogP contribution is -2.14. The van der Waals surface area contributed by atoms with Crippen LogP contribution in [0.5, 0.6) is 5.75 Å². The highest BCUT2D eigenvalue weighted by Gasteiger charge is 2.23. The van der Waals surface area contributed by atoms with Crippen LogP contribution in [0, 0.1) is 29.2 Å². The third kappa shape index (κ3) is 4.40. The minimum atomic E-state index is -1.57. The van der Waals surface area contributed by atoms with Crippen molar-refractivity contribution in [3.63, 3.8) is 0 Å². The van der Waals surface area contributed by atoms with Gasteiger partial charge in [-0.3, -0.25) is 0 Å². The lowest BCUT2D eigenvalue weighted by molar-refractivity contribution is 0.0730. The molecule has 2 nitrogen and oxygen atoms in total. The highest BCUT2D eigenvalue weighted by molar-refractivity contribution is 5.92. The molecule has 0 heterocycles. The van der Waals surface area contributed by atoms with Gasteiger partial charge in [0.2, 0.25) is 0 Å². The second-order valence-corrected chi connectivity index (χ2v) is 8.14. The summed E-state index contributed by atoms with van der Waals surface area (Å²) in [5.74, 6) is -5.05. The molecule has 3 aromatic carbocycles. The molecule has 166 valence electrons. The SMILES string of the molecule is C/C=C/C1CCC(c2ccc(C(=O)Oc3ccc4c(F)c(F)c(F)cc4c3)c(F)c2)CC1. The smallest absolute Gasteiger partial charge is 0.346 e. The van der Waals surface area contributed by atoms with Crippen molar-refractivity contribution in [2.24, 2.45) is 5.92 Å². The van der Waals surface area contributed by atoms with Crippen molar-refractivity contribution >= 4 is 16.7 Å². The molecule has 3 aromatic rings. The van der Waals surface area contributed by atoms with E-state index in [2.05, 4.69) is 12.2 Å². The number of carbonyl (C=O) groups excluding carboxylic acids is 1. The minimum absolute atomic E-state index is 0.0241. The third-order valence-electron chi connectivity index (χ3n) is 6.08. The summed E-state index contributed by atoms with van der Waals surface area (Å²) in [4.78, 5) is 12.5. The monoisotopic (exact) mass is 442 g/mol. The topological polar surface area (TPSA) is 26.3 Å².